The number of hydrogen-bond donors (Lipinski definition) is 1. The number of hydrogen-bond acceptors (Lipinski definition) is 5. The summed E-state index contributed by atoms with van der Waals surface area (Å²) >= 11 is 0. The van der Waals surface area contributed by atoms with Gasteiger partial charge in [0.2, 0.25) is 0 Å². The Balaban J connectivity index is 2.94. The number of carboxylic acid groups (broad SMARTS) is 1. The number of benzene rings is 1. The van der Waals surface area contributed by atoms with Crippen LogP contribution < -0.4 is 5.11 Å². The average Bonchev–Trinajstić information content (AvgIpc) is 2.45. The Labute approximate surface area is 127 Å². The molecule has 0 radical (unpaired) electrons. The van der Waals surface area contributed by atoms with Gasteiger partial charge in [0, 0.05) is 5.56 Å². The first-order valence-corrected chi connectivity index (χ1v) is 6.47. The van der Waals surface area contributed by atoms with Gasteiger partial charge in [0.05, 0.1) is 29.6 Å². The highest BCUT2D eigenvalue weighted by Gasteiger charge is 2.26. The maximum atomic E-state index is 12.1. The number of aromatic carboxylic acids is 1. The fourth-order valence-electron chi connectivity index (χ4n) is 2.40. The van der Waals surface area contributed by atoms with Gasteiger partial charge in [0.1, 0.15) is 0 Å². The Hall–Kier alpha value is -2.89. The smallest absolute Gasteiger partial charge is 0.340 e. The highest BCUT2D eigenvalue weighted by Crippen LogP contribution is 2.33. The van der Waals surface area contributed by atoms with E-state index in [9.17, 15) is 19.8 Å². The van der Waals surface area contributed by atoms with Gasteiger partial charge >= 0.3 is 11.9 Å². The van der Waals surface area contributed by atoms with Crippen molar-refractivity contribution in [2.75, 3.05) is 7.11 Å². The molecule has 0 saturated heterocycles. The lowest BCUT2D eigenvalue weighted by Crippen LogP contribution is -2.15. The summed E-state index contributed by atoms with van der Waals surface area (Å²) in [5.41, 5.74) is 1.05. The molecule has 6 heteroatoms. The Kier molecular flexibility index (Phi) is 4.12. The molecule has 0 aliphatic carbocycles. The van der Waals surface area contributed by atoms with Gasteiger partial charge in [-0.15, -0.1) is 5.75 Å². The van der Waals surface area contributed by atoms with E-state index >= 15 is 0 Å². The molecule has 2 aromatic rings. The molecule has 22 heavy (non-hydrogen) atoms. The van der Waals surface area contributed by atoms with Gasteiger partial charge in [-0.2, -0.15) is 0 Å². The van der Waals surface area contributed by atoms with Crippen LogP contribution in [0.3, 0.4) is 0 Å². The van der Waals surface area contributed by atoms with Gasteiger partial charge in [-0.25, -0.2) is 9.59 Å². The number of aromatic nitrogens is 1. The van der Waals surface area contributed by atoms with Crippen molar-refractivity contribution in [3.05, 3.63) is 46.8 Å². The zero-order valence-electron chi connectivity index (χ0n) is 12.3. The summed E-state index contributed by atoms with van der Waals surface area (Å²) < 4.78 is 4.73. The quantitative estimate of drug-likeness (QED) is 0.869. The van der Waals surface area contributed by atoms with Crippen LogP contribution in [0.1, 0.15) is 32.1 Å². The molecule has 6 nitrogen and oxygen atoms in total. The van der Waals surface area contributed by atoms with Crippen LogP contribution in [0.5, 0.6) is 5.75 Å². The number of nitrogens with zero attached hydrogens (tertiary/aromatic N) is 1. The van der Waals surface area contributed by atoms with E-state index in [0.29, 0.717) is 11.3 Å². The summed E-state index contributed by atoms with van der Waals surface area (Å²) in [5, 5.41) is 21.1. The fourth-order valence-corrected chi connectivity index (χ4v) is 2.40. The normalized spacial score (nSPS) is 10.3. The van der Waals surface area contributed by atoms with Gasteiger partial charge in [-0.05, 0) is 19.4 Å². The summed E-state index contributed by atoms with van der Waals surface area (Å²) in [6.07, 6.45) is 0. The van der Waals surface area contributed by atoms with Crippen LogP contribution in [0, 0.1) is 13.8 Å². The number of methoxy groups -OCH3 is 1. The number of rotatable bonds is 3. The van der Waals surface area contributed by atoms with Crippen LogP contribution in [-0.4, -0.2) is 29.1 Å². The molecule has 0 spiro atoms. The predicted octanol–water partition coefficient (Wildman–Crippen LogP) is 1.92. The summed E-state index contributed by atoms with van der Waals surface area (Å²) in [7, 11) is 1.20. The molecule has 114 valence electrons. The number of esters is 1. The van der Waals surface area contributed by atoms with Crippen molar-refractivity contribution in [1.82, 2.24) is 4.98 Å². The lowest BCUT2D eigenvalue weighted by Gasteiger charge is -2.17. The molecule has 1 aromatic carbocycles. The molecule has 0 atom stereocenters. The maximum Gasteiger partial charge on any atom is 0.340 e. The van der Waals surface area contributed by atoms with E-state index in [4.69, 9.17) is 4.74 Å². The SMILES string of the molecule is COC(=O)c1c(C)nc(C)c(C(=O)O)c1-c1cccc([O-])c1. The van der Waals surface area contributed by atoms with Crippen LogP contribution in [0.15, 0.2) is 24.3 Å². The topological polar surface area (TPSA) is 99.5 Å². The molecule has 1 N–H and O–H groups in total. The molecule has 0 aliphatic heterocycles. The van der Waals surface area contributed by atoms with Crippen molar-refractivity contribution in [2.45, 2.75) is 13.8 Å². The molecular weight excluding hydrogens is 286 g/mol. The minimum Gasteiger partial charge on any atom is -0.872 e. The zero-order chi connectivity index (χ0) is 16.4. The van der Waals surface area contributed by atoms with Crippen LogP contribution in [0.25, 0.3) is 11.1 Å². The van der Waals surface area contributed by atoms with Crippen molar-refractivity contribution in [1.29, 1.82) is 0 Å². The van der Waals surface area contributed by atoms with Crippen molar-refractivity contribution in [3.63, 3.8) is 0 Å². The highest BCUT2D eigenvalue weighted by molar-refractivity contribution is 6.06. The van der Waals surface area contributed by atoms with E-state index in [2.05, 4.69) is 4.98 Å². The molecule has 0 aliphatic rings. The number of carbonyl (C=O) groups excluding carboxylic acids is 1. The number of carbonyl (C=O) groups is 2. The maximum absolute atomic E-state index is 12.1. The fraction of sp³-hybridized carbons (Fsp3) is 0.188. The first-order chi connectivity index (χ1) is 10.4. The van der Waals surface area contributed by atoms with Crippen molar-refractivity contribution in [3.8, 4) is 16.9 Å². The molecular formula is C16H14NO5-. The third-order valence-electron chi connectivity index (χ3n) is 3.29. The molecule has 2 rings (SSSR count). The number of ether oxygens (including phenoxy) is 1. The van der Waals surface area contributed by atoms with Crippen LogP contribution in [0.4, 0.5) is 0 Å². The summed E-state index contributed by atoms with van der Waals surface area (Å²) in [6.45, 7) is 3.14. The minimum absolute atomic E-state index is 0.0519. The lowest BCUT2D eigenvalue weighted by atomic mass is 9.92. The Bertz CT molecular complexity index is 767. The molecule has 0 saturated carbocycles. The van der Waals surface area contributed by atoms with Gasteiger partial charge in [-0.1, -0.05) is 24.3 Å². The first kappa shape index (κ1) is 15.5. The van der Waals surface area contributed by atoms with Crippen molar-refractivity contribution >= 4 is 11.9 Å². The Morgan fingerprint density at radius 3 is 2.36 bits per heavy atom. The molecule has 0 amide bonds. The summed E-state index contributed by atoms with van der Waals surface area (Å²) in [4.78, 5) is 27.8. The van der Waals surface area contributed by atoms with Crippen LogP contribution in [-0.2, 0) is 4.74 Å². The van der Waals surface area contributed by atoms with Gasteiger partial charge in [0.25, 0.3) is 0 Å². The van der Waals surface area contributed by atoms with Crippen molar-refractivity contribution < 1.29 is 24.5 Å². The van der Waals surface area contributed by atoms with Crippen molar-refractivity contribution in [2.24, 2.45) is 0 Å². The summed E-state index contributed by atoms with van der Waals surface area (Å²) in [6, 6.07) is 5.72. The van der Waals surface area contributed by atoms with E-state index in [1.807, 2.05) is 0 Å². The molecule has 0 fully saturated rings. The molecule has 1 aromatic heterocycles. The standard InChI is InChI=1S/C16H15NO5/c1-8-12(15(19)20)14(10-5-4-6-11(18)7-10)13(9(2)17-8)16(21)22-3/h4-7,18H,1-3H3,(H,19,20)/p-1. The zero-order valence-corrected chi connectivity index (χ0v) is 12.3. The highest BCUT2D eigenvalue weighted by atomic mass is 16.5. The average molecular weight is 300 g/mol. The van der Waals surface area contributed by atoms with E-state index in [-0.39, 0.29) is 28.1 Å². The van der Waals surface area contributed by atoms with E-state index < -0.39 is 11.9 Å². The van der Waals surface area contributed by atoms with Crippen LogP contribution in [0.2, 0.25) is 0 Å². The Morgan fingerprint density at radius 2 is 1.82 bits per heavy atom. The monoisotopic (exact) mass is 300 g/mol. The second-order valence-corrected chi connectivity index (χ2v) is 4.73. The Morgan fingerprint density at radius 1 is 1.18 bits per heavy atom. The predicted molar refractivity (Wildman–Crippen MR) is 76.9 cm³/mol. The van der Waals surface area contributed by atoms with Crippen LogP contribution >= 0.6 is 0 Å². The second-order valence-electron chi connectivity index (χ2n) is 4.73. The van der Waals surface area contributed by atoms with E-state index in [0.717, 1.165) is 0 Å². The number of pyridine rings is 1. The number of aryl methyl sites for hydroxylation is 2. The van der Waals surface area contributed by atoms with E-state index in [1.54, 1.807) is 19.9 Å². The third-order valence-corrected chi connectivity index (χ3v) is 3.29. The molecule has 0 bridgehead atoms. The van der Waals surface area contributed by atoms with Gasteiger partial charge in [-0.3, -0.25) is 4.98 Å². The van der Waals surface area contributed by atoms with Gasteiger partial charge in [0.15, 0.2) is 0 Å². The molecule has 1 heterocycles. The third kappa shape index (κ3) is 2.63. The van der Waals surface area contributed by atoms with Gasteiger partial charge < -0.3 is 14.9 Å². The lowest BCUT2D eigenvalue weighted by molar-refractivity contribution is -0.268. The second kappa shape index (κ2) is 5.85. The van der Waals surface area contributed by atoms with E-state index in [1.165, 1.54) is 25.3 Å². The minimum atomic E-state index is -1.22. The first-order valence-electron chi connectivity index (χ1n) is 6.47. The summed E-state index contributed by atoms with van der Waals surface area (Å²) in [5.74, 6) is -2.20. The largest absolute Gasteiger partial charge is 0.872 e. The number of carboxylic acids is 1. The molecule has 0 unspecified atom stereocenters.